The zero-order chi connectivity index (χ0) is 22.3. The van der Waals surface area contributed by atoms with Crippen molar-refractivity contribution in [3.05, 3.63) is 65.2 Å². The van der Waals surface area contributed by atoms with Crippen LogP contribution in [0.15, 0.2) is 53.5 Å². The van der Waals surface area contributed by atoms with Gasteiger partial charge in [0, 0.05) is 11.3 Å². The first-order chi connectivity index (χ1) is 14.1. The third kappa shape index (κ3) is 7.02. The van der Waals surface area contributed by atoms with E-state index in [4.69, 9.17) is 51.8 Å². The van der Waals surface area contributed by atoms with Gasteiger partial charge in [0.1, 0.15) is 0 Å². The van der Waals surface area contributed by atoms with E-state index in [1.165, 1.54) is 14.2 Å². The highest BCUT2D eigenvalue weighted by atomic mass is 35.6. The lowest BCUT2D eigenvalue weighted by Crippen LogP contribution is -2.45. The van der Waals surface area contributed by atoms with E-state index in [9.17, 15) is 4.79 Å². The number of ether oxygens (including phenoxy) is 2. The van der Waals surface area contributed by atoms with Gasteiger partial charge in [-0.25, -0.2) is 9.79 Å². The minimum absolute atomic E-state index is 0.167. The number of alkyl halides is 3. The average Bonchev–Trinajstić information content (AvgIpc) is 2.71. The Morgan fingerprint density at radius 1 is 1.00 bits per heavy atom. The first-order valence-electron chi connectivity index (χ1n) is 8.65. The van der Waals surface area contributed by atoms with Gasteiger partial charge in [-0.15, -0.1) is 0 Å². The van der Waals surface area contributed by atoms with Crippen molar-refractivity contribution >= 4 is 69.7 Å². The lowest BCUT2D eigenvalue weighted by molar-refractivity contribution is 0.0601. The molecular weight excluding hydrogens is 469 g/mol. The molecule has 0 saturated heterocycles. The van der Waals surface area contributed by atoms with Gasteiger partial charge in [-0.1, -0.05) is 52.5 Å². The van der Waals surface area contributed by atoms with E-state index in [1.807, 2.05) is 31.2 Å². The Kier molecular flexibility index (Phi) is 8.73. The van der Waals surface area contributed by atoms with Crippen LogP contribution in [0.2, 0.25) is 0 Å². The Morgan fingerprint density at radius 3 is 2.07 bits per heavy atom. The van der Waals surface area contributed by atoms with E-state index in [0.717, 1.165) is 11.1 Å². The molecule has 1 atom stereocenters. The molecule has 0 heterocycles. The van der Waals surface area contributed by atoms with E-state index in [0.29, 0.717) is 11.3 Å². The molecule has 0 radical (unpaired) electrons. The summed E-state index contributed by atoms with van der Waals surface area (Å²) in [5.74, 6) is -0.153. The number of halogens is 3. The van der Waals surface area contributed by atoms with Gasteiger partial charge in [-0.2, -0.15) is 0 Å². The Morgan fingerprint density at radius 2 is 1.57 bits per heavy atom. The summed E-state index contributed by atoms with van der Waals surface area (Å²) < 4.78 is 8.23. The second-order valence-electron chi connectivity index (χ2n) is 6.12. The molecule has 0 aliphatic heterocycles. The molecule has 2 aromatic carbocycles. The second kappa shape index (κ2) is 10.8. The normalized spacial score (nSPS) is 12.7. The summed E-state index contributed by atoms with van der Waals surface area (Å²) in [6.45, 7) is 1.97. The summed E-state index contributed by atoms with van der Waals surface area (Å²) in [6.07, 6.45) is -1.03. The maximum atomic E-state index is 11.5. The number of rotatable bonds is 5. The molecule has 0 amide bonds. The van der Waals surface area contributed by atoms with Gasteiger partial charge in [0.05, 0.1) is 19.8 Å². The summed E-state index contributed by atoms with van der Waals surface area (Å²) in [4.78, 5) is 15.9. The number of thiocarbonyl (C=S) groups is 1. The third-order valence-corrected chi connectivity index (χ3v) is 4.72. The largest absolute Gasteiger partial charge is 0.481 e. The summed E-state index contributed by atoms with van der Waals surface area (Å²) in [5.41, 5.74) is 2.85. The number of hydrogen-bond donors (Lipinski definition) is 2. The van der Waals surface area contributed by atoms with Crippen LogP contribution in [0.5, 0.6) is 0 Å². The van der Waals surface area contributed by atoms with E-state index in [-0.39, 0.29) is 11.0 Å². The van der Waals surface area contributed by atoms with Crippen molar-refractivity contribution in [1.82, 2.24) is 5.32 Å². The van der Waals surface area contributed by atoms with E-state index < -0.39 is 15.9 Å². The van der Waals surface area contributed by atoms with Crippen molar-refractivity contribution in [2.45, 2.75) is 16.9 Å². The fourth-order valence-electron chi connectivity index (χ4n) is 2.34. The fraction of sp³-hybridized carbons (Fsp3) is 0.250. The molecule has 10 heteroatoms. The van der Waals surface area contributed by atoms with Gasteiger partial charge in [-0.3, -0.25) is 0 Å². The fourth-order valence-corrected chi connectivity index (χ4v) is 2.88. The van der Waals surface area contributed by atoms with Gasteiger partial charge in [0.2, 0.25) is 9.69 Å². The van der Waals surface area contributed by atoms with Crippen LogP contribution in [0, 0.1) is 6.92 Å². The predicted octanol–water partition coefficient (Wildman–Crippen LogP) is 4.86. The molecule has 6 nitrogen and oxygen atoms in total. The number of nitrogens with zero attached hydrogens (tertiary/aromatic N) is 1. The van der Waals surface area contributed by atoms with Crippen molar-refractivity contribution in [3.63, 3.8) is 0 Å². The molecule has 2 aromatic rings. The van der Waals surface area contributed by atoms with E-state index in [2.05, 4.69) is 20.4 Å². The number of benzene rings is 2. The van der Waals surface area contributed by atoms with Crippen LogP contribution in [0.1, 0.15) is 21.5 Å². The highest BCUT2D eigenvalue weighted by molar-refractivity contribution is 7.80. The van der Waals surface area contributed by atoms with Crippen LogP contribution in [0.3, 0.4) is 0 Å². The average molecular weight is 489 g/mol. The smallest absolute Gasteiger partial charge is 0.337 e. The molecule has 0 unspecified atom stereocenters. The molecular formula is C20H20Cl3N3O3S. The van der Waals surface area contributed by atoms with Crippen LogP contribution in [0.4, 0.5) is 5.69 Å². The number of aryl methyl sites for hydroxylation is 1. The highest BCUT2D eigenvalue weighted by Gasteiger charge is 2.34. The quantitative estimate of drug-likeness (QED) is 0.206. The van der Waals surface area contributed by atoms with Crippen molar-refractivity contribution in [2.75, 3.05) is 19.5 Å². The second-order valence-corrected chi connectivity index (χ2v) is 8.89. The SMILES string of the molecule is COC(=O)c1ccc(NC(=S)N[C@H](N=C(OC)c2ccc(C)cc2)C(Cl)(Cl)Cl)cc1. The topological polar surface area (TPSA) is 72.0 Å². The monoisotopic (exact) mass is 487 g/mol. The number of anilines is 1. The number of carbonyl (C=O) groups is 1. The first kappa shape index (κ1) is 24.2. The number of methoxy groups -OCH3 is 2. The van der Waals surface area contributed by atoms with Crippen LogP contribution < -0.4 is 10.6 Å². The summed E-state index contributed by atoms with van der Waals surface area (Å²) in [6, 6.07) is 14.1. The molecule has 0 spiro atoms. The van der Waals surface area contributed by atoms with Crippen LogP contribution >= 0.6 is 47.0 Å². The van der Waals surface area contributed by atoms with Crippen LogP contribution in [0.25, 0.3) is 0 Å². The van der Waals surface area contributed by atoms with Gasteiger partial charge < -0.3 is 20.1 Å². The number of nitrogens with one attached hydrogen (secondary N) is 2. The third-order valence-electron chi connectivity index (χ3n) is 3.88. The van der Waals surface area contributed by atoms with Gasteiger partial charge >= 0.3 is 5.97 Å². The predicted molar refractivity (Wildman–Crippen MR) is 126 cm³/mol. The van der Waals surface area contributed by atoms with Gasteiger partial charge in [0.15, 0.2) is 11.3 Å². The van der Waals surface area contributed by atoms with Crippen molar-refractivity contribution in [3.8, 4) is 0 Å². The molecule has 0 aliphatic carbocycles. The molecule has 0 fully saturated rings. The number of esters is 1. The zero-order valence-corrected chi connectivity index (χ0v) is 19.5. The molecule has 0 aliphatic rings. The Hall–Kier alpha value is -2.06. The molecule has 160 valence electrons. The number of hydrogen-bond acceptors (Lipinski definition) is 5. The molecule has 30 heavy (non-hydrogen) atoms. The Balaban J connectivity index is 2.16. The van der Waals surface area contributed by atoms with E-state index in [1.54, 1.807) is 24.3 Å². The molecule has 0 bridgehead atoms. The minimum Gasteiger partial charge on any atom is -0.481 e. The Labute approximate surface area is 195 Å². The molecule has 0 aromatic heterocycles. The van der Waals surface area contributed by atoms with Crippen LogP contribution in [-0.2, 0) is 9.47 Å². The first-order valence-corrected chi connectivity index (χ1v) is 10.2. The van der Waals surface area contributed by atoms with E-state index >= 15 is 0 Å². The molecule has 2 N–H and O–H groups in total. The van der Waals surface area contributed by atoms with Crippen LogP contribution in [-0.4, -0.2) is 41.2 Å². The van der Waals surface area contributed by atoms with Crippen molar-refractivity contribution in [1.29, 1.82) is 0 Å². The number of aliphatic imine (C=N–C) groups is 1. The van der Waals surface area contributed by atoms with Gasteiger partial charge in [0.25, 0.3) is 0 Å². The molecule has 2 rings (SSSR count). The lowest BCUT2D eigenvalue weighted by Gasteiger charge is -2.24. The van der Waals surface area contributed by atoms with Crippen molar-refractivity contribution < 1.29 is 14.3 Å². The lowest BCUT2D eigenvalue weighted by atomic mass is 10.1. The maximum Gasteiger partial charge on any atom is 0.337 e. The molecule has 0 saturated carbocycles. The van der Waals surface area contributed by atoms with Gasteiger partial charge in [-0.05, 0) is 55.5 Å². The Bertz CT molecular complexity index is 914. The summed E-state index contributed by atoms with van der Waals surface area (Å²) in [5, 5.41) is 5.98. The number of carbonyl (C=O) groups excluding carboxylic acids is 1. The minimum atomic E-state index is -1.81. The standard InChI is InChI=1S/C20H20Cl3N3O3S/c1-12-4-6-13(7-5-12)16(28-2)25-18(20(21,22)23)26-19(30)24-15-10-8-14(9-11-15)17(27)29-3/h4-11,18H,1-3H3,(H2,24,26,30)/t18-/m0/s1. The summed E-state index contributed by atoms with van der Waals surface area (Å²) >= 11 is 23.6. The zero-order valence-electron chi connectivity index (χ0n) is 16.4. The summed E-state index contributed by atoms with van der Waals surface area (Å²) in [7, 11) is 2.80. The van der Waals surface area contributed by atoms with Crippen molar-refractivity contribution in [2.24, 2.45) is 4.99 Å². The highest BCUT2D eigenvalue weighted by Crippen LogP contribution is 2.31. The maximum absolute atomic E-state index is 11.5.